The molecule has 0 amide bonds. The van der Waals surface area contributed by atoms with Crippen molar-refractivity contribution in [3.05, 3.63) is 148 Å². The third-order valence-corrected chi connectivity index (χ3v) is 19.2. The second kappa shape index (κ2) is 14.1. The van der Waals surface area contributed by atoms with E-state index in [0.717, 1.165) is 17.2 Å². The van der Waals surface area contributed by atoms with Crippen molar-refractivity contribution < 1.29 is 4.42 Å². The molecule has 2 bridgehead atoms. The van der Waals surface area contributed by atoms with Crippen LogP contribution in [0.1, 0.15) is 164 Å². The summed E-state index contributed by atoms with van der Waals surface area (Å²) in [6, 6.07) is 44.2. The summed E-state index contributed by atoms with van der Waals surface area (Å²) in [6.07, 6.45) is 14.4. The zero-order valence-electron chi connectivity index (χ0n) is 41.8. The molecule has 5 aliphatic carbocycles. The van der Waals surface area contributed by atoms with E-state index < -0.39 is 0 Å². The van der Waals surface area contributed by atoms with E-state index in [2.05, 4.69) is 174 Å². The quantitative estimate of drug-likeness (QED) is 0.165. The van der Waals surface area contributed by atoms with Crippen LogP contribution in [0.5, 0.6) is 0 Å². The van der Waals surface area contributed by atoms with Gasteiger partial charge in [0.15, 0.2) is 0 Å². The van der Waals surface area contributed by atoms with Gasteiger partial charge in [-0.25, -0.2) is 0 Å². The molecule has 3 saturated carbocycles. The lowest BCUT2D eigenvalue weighted by atomic mass is 9.35. The molecule has 4 heteroatoms. The fourth-order valence-corrected chi connectivity index (χ4v) is 15.5. The van der Waals surface area contributed by atoms with Crippen LogP contribution >= 0.6 is 0 Å². The highest BCUT2D eigenvalue weighted by Gasteiger charge is 2.57. The maximum absolute atomic E-state index is 7.62. The highest BCUT2D eigenvalue weighted by Crippen LogP contribution is 2.66. The smallest absolute Gasteiger partial charge is 0.297 e. The van der Waals surface area contributed by atoms with Crippen molar-refractivity contribution in [3.8, 4) is 11.1 Å². The topological polar surface area (TPSA) is 19.6 Å². The Hall–Kier alpha value is -5.48. The van der Waals surface area contributed by atoms with Crippen LogP contribution in [0.2, 0.25) is 0 Å². The number of fused-ring (bicyclic) bond motifs is 15. The number of hydrogen-bond donors (Lipinski definition) is 0. The molecule has 3 atom stereocenters. The Labute approximate surface area is 405 Å². The van der Waals surface area contributed by atoms with E-state index in [4.69, 9.17) is 4.42 Å². The van der Waals surface area contributed by atoms with Crippen LogP contribution in [0.4, 0.5) is 34.1 Å². The SMILES string of the molecule is Cc1cc2c3c(c1)N(c1ccc(C4CCCCC4)cc1)c1c(oc4cc5c(cc14)C(C)(C)CCC5(C)C)B3c1cc(C(C)(C)C)ccc1N2c1ccc2c(c1)C1(CC3CCC1C3)c1ccccc1-2. The lowest BCUT2D eigenvalue weighted by molar-refractivity contribution is 0.327. The molecule has 3 heterocycles. The normalized spacial score (nSPS) is 23.7. The summed E-state index contributed by atoms with van der Waals surface area (Å²) in [6.45, 7) is 19.1. The van der Waals surface area contributed by atoms with Gasteiger partial charge < -0.3 is 14.2 Å². The van der Waals surface area contributed by atoms with Gasteiger partial charge in [-0.2, -0.15) is 0 Å². The number of aryl methyl sites for hydroxylation is 1. The van der Waals surface area contributed by atoms with E-state index in [9.17, 15) is 0 Å². The molecule has 0 N–H and O–H groups in total. The minimum absolute atomic E-state index is 0.0303. The van der Waals surface area contributed by atoms with Crippen molar-refractivity contribution in [1.82, 2.24) is 0 Å². The molecule has 0 saturated heterocycles. The second-order valence-corrected chi connectivity index (χ2v) is 25.1. The van der Waals surface area contributed by atoms with Gasteiger partial charge in [0.1, 0.15) is 5.58 Å². The number of rotatable bonds is 3. The van der Waals surface area contributed by atoms with Gasteiger partial charge in [-0.05, 0) is 201 Å². The minimum Gasteiger partial charge on any atom is -0.468 e. The molecule has 1 spiro atoms. The van der Waals surface area contributed by atoms with Crippen molar-refractivity contribution in [2.75, 3.05) is 9.80 Å². The maximum Gasteiger partial charge on any atom is 0.297 e. The summed E-state index contributed by atoms with van der Waals surface area (Å²) in [4.78, 5) is 5.29. The Balaban J connectivity index is 1.04. The van der Waals surface area contributed by atoms with Crippen molar-refractivity contribution in [1.29, 1.82) is 0 Å². The third kappa shape index (κ3) is 5.67. The van der Waals surface area contributed by atoms with Gasteiger partial charge in [0, 0.05) is 39.2 Å². The molecular weight excluding hydrogens is 824 g/mol. The van der Waals surface area contributed by atoms with Gasteiger partial charge in [0.05, 0.1) is 11.3 Å². The van der Waals surface area contributed by atoms with E-state index in [1.165, 1.54) is 160 Å². The molecule has 0 radical (unpaired) electrons. The first-order valence-corrected chi connectivity index (χ1v) is 26.5. The van der Waals surface area contributed by atoms with Crippen molar-refractivity contribution in [2.45, 2.75) is 154 Å². The molecule has 3 nitrogen and oxygen atoms in total. The predicted octanol–water partition coefficient (Wildman–Crippen LogP) is 15.6. The molecule has 1 aromatic heterocycles. The summed E-state index contributed by atoms with van der Waals surface area (Å²) in [5.41, 5.74) is 25.6. The Morgan fingerprint density at radius 1 is 0.632 bits per heavy atom. The molecule has 7 aliphatic rings. The van der Waals surface area contributed by atoms with Gasteiger partial charge in [-0.1, -0.05) is 129 Å². The van der Waals surface area contributed by atoms with E-state index in [0.29, 0.717) is 11.8 Å². The van der Waals surface area contributed by atoms with Crippen molar-refractivity contribution in [3.63, 3.8) is 0 Å². The minimum atomic E-state index is -0.0806. The third-order valence-electron chi connectivity index (χ3n) is 19.2. The molecule has 3 unspecified atom stereocenters. The molecule has 342 valence electrons. The molecule has 14 rings (SSSR count). The predicted molar refractivity (Wildman–Crippen MR) is 286 cm³/mol. The fourth-order valence-electron chi connectivity index (χ4n) is 15.5. The average Bonchev–Trinajstić information content (AvgIpc) is 4.11. The first-order valence-electron chi connectivity index (χ1n) is 26.5. The van der Waals surface area contributed by atoms with Crippen LogP contribution in [0.3, 0.4) is 0 Å². The molecular formula is C64H67BN2O. The van der Waals surface area contributed by atoms with Crippen LogP contribution < -0.4 is 26.4 Å². The lowest BCUT2D eigenvalue weighted by Gasteiger charge is -2.43. The maximum atomic E-state index is 7.62. The van der Waals surface area contributed by atoms with Gasteiger partial charge in [0.25, 0.3) is 6.71 Å². The highest BCUT2D eigenvalue weighted by molar-refractivity contribution is 7.00. The van der Waals surface area contributed by atoms with Crippen molar-refractivity contribution >= 4 is 68.4 Å². The van der Waals surface area contributed by atoms with E-state index in [1.54, 1.807) is 11.1 Å². The zero-order chi connectivity index (χ0) is 46.2. The first kappa shape index (κ1) is 41.5. The standard InChI is InChI=1S/C64H67BN2O/c1-38-30-55-58-56(31-38)67(44-23-19-41(20-24-44)40-14-10-9-11-15-40)59-48-35-51-52(63(7,8)29-28-62(51,5)6)36-57(48)68-60(59)65(58)53-33-42(61(2,3)4)22-27-54(53)66(55)45-25-26-47-46-16-12-13-17-49(46)64(50(47)34-45)37-39-18-21-43(64)32-39/h12-13,16-17,19-20,22-27,30-31,33-36,39-40,43H,9-11,14-15,18,21,28-29,32,37H2,1-8H3. The largest absolute Gasteiger partial charge is 0.468 e. The summed E-state index contributed by atoms with van der Waals surface area (Å²) in [7, 11) is 0. The van der Waals surface area contributed by atoms with Gasteiger partial charge in [-0.15, -0.1) is 0 Å². The first-order chi connectivity index (χ1) is 32.7. The average molecular weight is 891 g/mol. The monoisotopic (exact) mass is 891 g/mol. The fraction of sp³-hybridized carbons (Fsp3) is 0.406. The van der Waals surface area contributed by atoms with Crippen LogP contribution in [0.25, 0.3) is 22.1 Å². The Bertz CT molecular complexity index is 3260. The molecule has 3 fully saturated rings. The Morgan fingerprint density at radius 2 is 1.34 bits per heavy atom. The van der Waals surface area contributed by atoms with E-state index >= 15 is 0 Å². The molecule has 68 heavy (non-hydrogen) atoms. The number of benzene rings is 6. The van der Waals surface area contributed by atoms with Crippen LogP contribution in [0.15, 0.2) is 114 Å². The lowest BCUT2D eigenvalue weighted by Crippen LogP contribution is -2.61. The Kier molecular flexibility index (Phi) is 8.59. The van der Waals surface area contributed by atoms with Gasteiger partial charge in [0.2, 0.25) is 0 Å². The molecule has 6 aromatic carbocycles. The number of anilines is 6. The molecule has 7 aromatic rings. The zero-order valence-corrected chi connectivity index (χ0v) is 41.8. The van der Waals surface area contributed by atoms with E-state index in [1.807, 2.05) is 0 Å². The van der Waals surface area contributed by atoms with Crippen LogP contribution in [-0.4, -0.2) is 6.71 Å². The van der Waals surface area contributed by atoms with Crippen LogP contribution in [-0.2, 0) is 21.7 Å². The summed E-state index contributed by atoms with van der Waals surface area (Å²) >= 11 is 0. The number of furan rings is 1. The van der Waals surface area contributed by atoms with Gasteiger partial charge >= 0.3 is 0 Å². The highest BCUT2D eigenvalue weighted by atomic mass is 16.3. The number of hydrogen-bond acceptors (Lipinski definition) is 3. The molecule has 2 aliphatic heterocycles. The summed E-state index contributed by atoms with van der Waals surface area (Å²) in [5.74, 6) is 2.18. The van der Waals surface area contributed by atoms with Gasteiger partial charge in [-0.3, -0.25) is 0 Å². The van der Waals surface area contributed by atoms with E-state index in [-0.39, 0.29) is 28.4 Å². The Morgan fingerprint density at radius 3 is 2.06 bits per heavy atom. The second-order valence-electron chi connectivity index (χ2n) is 25.1. The summed E-state index contributed by atoms with van der Waals surface area (Å²) in [5, 5.41) is 1.24. The summed E-state index contributed by atoms with van der Waals surface area (Å²) < 4.78 is 7.62. The number of nitrogens with zero attached hydrogens (tertiary/aromatic N) is 2. The van der Waals surface area contributed by atoms with Crippen molar-refractivity contribution in [2.24, 2.45) is 11.8 Å². The van der Waals surface area contributed by atoms with Crippen LogP contribution in [0, 0.1) is 18.8 Å².